The second kappa shape index (κ2) is 8.45. The maximum atomic E-state index is 13.0. The zero-order chi connectivity index (χ0) is 21.9. The van der Waals surface area contributed by atoms with Crippen LogP contribution in [0.4, 0.5) is 0 Å². The molecule has 0 radical (unpaired) electrons. The van der Waals surface area contributed by atoms with Crippen LogP contribution in [0.15, 0.2) is 48.5 Å². The van der Waals surface area contributed by atoms with Gasteiger partial charge in [-0.05, 0) is 49.1 Å². The van der Waals surface area contributed by atoms with E-state index in [1.807, 2.05) is 43.3 Å². The summed E-state index contributed by atoms with van der Waals surface area (Å²) in [5, 5.41) is 15.1. The first kappa shape index (κ1) is 21.8. The molecule has 3 rings (SSSR count). The smallest absolute Gasteiger partial charge is 0.251 e. The third kappa shape index (κ3) is 5.58. The minimum absolute atomic E-state index is 0.264. The van der Waals surface area contributed by atoms with E-state index >= 15 is 0 Å². The van der Waals surface area contributed by atoms with Crippen molar-refractivity contribution in [1.29, 1.82) is 5.26 Å². The van der Waals surface area contributed by atoms with Crippen LogP contribution in [0, 0.1) is 18.3 Å². The molecule has 1 unspecified atom stereocenters. The largest absolute Gasteiger partial charge is 0.341 e. The molecule has 156 valence electrons. The van der Waals surface area contributed by atoms with Crippen LogP contribution in [-0.4, -0.2) is 31.5 Å². The summed E-state index contributed by atoms with van der Waals surface area (Å²) in [5.41, 5.74) is 2.93. The predicted molar refractivity (Wildman–Crippen MR) is 122 cm³/mol. The van der Waals surface area contributed by atoms with Gasteiger partial charge >= 0.3 is 0 Å². The van der Waals surface area contributed by atoms with Gasteiger partial charge in [0.1, 0.15) is 11.6 Å². The number of carbonyl (C=O) groups excluding carboxylic acids is 2. The van der Waals surface area contributed by atoms with Crippen LogP contribution in [0.1, 0.15) is 28.8 Å². The van der Waals surface area contributed by atoms with E-state index in [0.29, 0.717) is 24.4 Å². The lowest BCUT2D eigenvalue weighted by molar-refractivity contribution is -0.123. The minimum Gasteiger partial charge on any atom is -0.341 e. The van der Waals surface area contributed by atoms with Crippen LogP contribution in [0.5, 0.6) is 0 Å². The normalized spacial score (nSPS) is 15.6. The Bertz CT molecular complexity index is 1000. The number of hydrogen-bond donors (Lipinski definition) is 2. The summed E-state index contributed by atoms with van der Waals surface area (Å²) in [5.74, 6) is -0.538. The lowest BCUT2D eigenvalue weighted by atomic mass is 10.0. The number of aryl methyl sites for hydroxylation is 1. The molecule has 0 heterocycles. The van der Waals surface area contributed by atoms with Gasteiger partial charge in [0, 0.05) is 13.6 Å². The van der Waals surface area contributed by atoms with Crippen LogP contribution >= 0.6 is 0 Å². The van der Waals surface area contributed by atoms with Crippen LogP contribution in [0.3, 0.4) is 0 Å². The molecular weight excluding hydrogens is 390 g/mol. The lowest BCUT2D eigenvalue weighted by Gasteiger charge is -2.26. The molecule has 1 saturated carbocycles. The Morgan fingerprint density at radius 2 is 1.73 bits per heavy atom. The Labute approximate surface area is 179 Å². The van der Waals surface area contributed by atoms with E-state index in [4.69, 9.17) is 0 Å². The fraction of sp³-hybridized carbons (Fsp3) is 0.375. The highest BCUT2D eigenvalue weighted by molar-refractivity contribution is 6.76. The van der Waals surface area contributed by atoms with Crippen molar-refractivity contribution in [1.82, 2.24) is 10.6 Å². The molecule has 0 spiro atoms. The van der Waals surface area contributed by atoms with Crippen LogP contribution < -0.4 is 10.6 Å². The van der Waals surface area contributed by atoms with Gasteiger partial charge in [-0.25, -0.2) is 0 Å². The Kier molecular flexibility index (Phi) is 6.13. The molecule has 2 amide bonds. The summed E-state index contributed by atoms with van der Waals surface area (Å²) in [4.78, 5) is 25.9. The topological polar surface area (TPSA) is 82.0 Å². The van der Waals surface area contributed by atoms with Gasteiger partial charge in [-0.2, -0.15) is 5.26 Å². The molecule has 1 aliphatic rings. The van der Waals surface area contributed by atoms with Gasteiger partial charge in [0.2, 0.25) is 5.91 Å². The van der Waals surface area contributed by atoms with Crippen molar-refractivity contribution in [3.05, 3.63) is 59.7 Å². The molecular formula is C24H29N3O2Si. The van der Waals surface area contributed by atoms with Crippen molar-refractivity contribution >= 4 is 19.9 Å². The fourth-order valence-corrected chi connectivity index (χ4v) is 4.95. The summed E-state index contributed by atoms with van der Waals surface area (Å²) in [7, 11) is -1.64. The van der Waals surface area contributed by atoms with E-state index in [9.17, 15) is 14.9 Å². The third-order valence-corrected chi connectivity index (χ3v) is 6.87. The third-order valence-electron chi connectivity index (χ3n) is 5.24. The Hall–Kier alpha value is -2.91. The molecule has 0 saturated heterocycles. The van der Waals surface area contributed by atoms with Crippen molar-refractivity contribution in [2.24, 2.45) is 0 Å². The van der Waals surface area contributed by atoms with E-state index < -0.39 is 19.7 Å². The van der Waals surface area contributed by atoms with E-state index in [-0.39, 0.29) is 11.8 Å². The molecule has 5 nitrogen and oxygen atoms in total. The zero-order valence-electron chi connectivity index (χ0n) is 18.1. The van der Waals surface area contributed by atoms with Crippen LogP contribution in [-0.2, 0) is 4.79 Å². The first-order valence-electron chi connectivity index (χ1n) is 10.3. The van der Waals surface area contributed by atoms with E-state index in [1.165, 1.54) is 0 Å². The Morgan fingerprint density at radius 1 is 1.10 bits per heavy atom. The maximum Gasteiger partial charge on any atom is 0.251 e. The number of amides is 2. The first-order valence-corrected chi connectivity index (χ1v) is 14.0. The highest BCUT2D eigenvalue weighted by Gasteiger charge is 2.46. The molecule has 2 N–H and O–H groups in total. The SMILES string of the molecule is Cc1cccc(-c2cccc(C(=O)NC(C[Si](C)(C)C)C(=O)NC3(C#N)CC3)c2)c1. The number of benzene rings is 2. The number of hydrogen-bond acceptors (Lipinski definition) is 3. The molecule has 6 heteroatoms. The second-order valence-electron chi connectivity index (χ2n) is 9.42. The summed E-state index contributed by atoms with van der Waals surface area (Å²) < 4.78 is 0. The molecule has 0 bridgehead atoms. The minimum atomic E-state index is -1.64. The predicted octanol–water partition coefficient (Wildman–Crippen LogP) is 4.27. The zero-order valence-corrected chi connectivity index (χ0v) is 19.1. The van der Waals surface area contributed by atoms with Crippen molar-refractivity contribution in [3.63, 3.8) is 0 Å². The van der Waals surface area contributed by atoms with Crippen molar-refractivity contribution in [2.75, 3.05) is 0 Å². The van der Waals surface area contributed by atoms with Crippen LogP contribution in [0.25, 0.3) is 11.1 Å². The molecule has 2 aromatic carbocycles. The van der Waals surface area contributed by atoms with Gasteiger partial charge in [-0.1, -0.05) is 61.6 Å². The molecule has 1 atom stereocenters. The number of nitriles is 1. The summed E-state index contributed by atoms with van der Waals surface area (Å²) >= 11 is 0. The van der Waals surface area contributed by atoms with Crippen molar-refractivity contribution in [3.8, 4) is 17.2 Å². The van der Waals surface area contributed by atoms with Crippen molar-refractivity contribution in [2.45, 2.75) is 57.0 Å². The molecule has 30 heavy (non-hydrogen) atoms. The average molecular weight is 420 g/mol. The number of nitrogens with one attached hydrogen (secondary N) is 2. The first-order chi connectivity index (χ1) is 14.1. The summed E-state index contributed by atoms with van der Waals surface area (Å²) in [6.45, 7) is 8.52. The standard InChI is InChI=1S/C24H29N3O2Si/c1-17-7-5-8-18(13-17)19-9-6-10-20(14-19)22(28)26-21(15-30(2,3)4)23(29)27-24(16-25)11-12-24/h5-10,13-14,21H,11-12,15H2,1-4H3,(H,26,28)(H,27,29). The van der Waals surface area contributed by atoms with E-state index in [0.717, 1.165) is 16.7 Å². The summed E-state index contributed by atoms with van der Waals surface area (Å²) in [6, 6.07) is 17.7. The molecule has 1 aliphatic carbocycles. The lowest BCUT2D eigenvalue weighted by Crippen LogP contribution is -2.52. The van der Waals surface area contributed by atoms with Gasteiger partial charge in [0.15, 0.2) is 0 Å². The van der Waals surface area contributed by atoms with Gasteiger partial charge in [-0.15, -0.1) is 0 Å². The van der Waals surface area contributed by atoms with Gasteiger partial charge in [0.05, 0.1) is 6.07 Å². The highest BCUT2D eigenvalue weighted by atomic mass is 28.3. The Balaban J connectivity index is 1.79. The second-order valence-corrected chi connectivity index (χ2v) is 15.0. The maximum absolute atomic E-state index is 13.0. The highest BCUT2D eigenvalue weighted by Crippen LogP contribution is 2.34. The Morgan fingerprint density at radius 3 is 2.30 bits per heavy atom. The monoisotopic (exact) mass is 419 g/mol. The van der Waals surface area contributed by atoms with E-state index in [2.05, 4.69) is 42.4 Å². The fourth-order valence-electron chi connectivity index (χ4n) is 3.44. The van der Waals surface area contributed by atoms with Gasteiger partial charge < -0.3 is 10.6 Å². The van der Waals surface area contributed by atoms with Crippen molar-refractivity contribution < 1.29 is 9.59 Å². The number of carbonyl (C=O) groups is 2. The van der Waals surface area contributed by atoms with Gasteiger partial charge in [0.25, 0.3) is 5.91 Å². The number of rotatable bonds is 7. The van der Waals surface area contributed by atoms with Crippen LogP contribution in [0.2, 0.25) is 25.7 Å². The number of nitrogens with zero attached hydrogens (tertiary/aromatic N) is 1. The summed E-state index contributed by atoms with van der Waals surface area (Å²) in [6.07, 6.45) is 1.34. The average Bonchev–Trinajstić information content (AvgIpc) is 3.46. The van der Waals surface area contributed by atoms with E-state index in [1.54, 1.807) is 6.07 Å². The molecule has 0 aliphatic heterocycles. The quantitative estimate of drug-likeness (QED) is 0.658. The molecule has 0 aromatic heterocycles. The molecule has 2 aromatic rings. The van der Waals surface area contributed by atoms with Gasteiger partial charge in [-0.3, -0.25) is 9.59 Å². The molecule has 1 fully saturated rings.